The summed E-state index contributed by atoms with van der Waals surface area (Å²) in [7, 11) is 0. The van der Waals surface area contributed by atoms with Crippen LogP contribution in [0.3, 0.4) is 0 Å². The molecule has 1 amide bonds. The second kappa shape index (κ2) is 4.98. The first-order valence-corrected chi connectivity index (χ1v) is 7.12. The highest BCUT2D eigenvalue weighted by atomic mass is 32.1. The zero-order chi connectivity index (χ0) is 14.1. The van der Waals surface area contributed by atoms with E-state index < -0.39 is 0 Å². The number of fused-ring (bicyclic) bond motifs is 1. The van der Waals surface area contributed by atoms with Crippen LogP contribution in [-0.4, -0.2) is 5.91 Å². The van der Waals surface area contributed by atoms with E-state index in [1.54, 1.807) is 0 Å². The number of benzene rings is 2. The second-order valence-electron chi connectivity index (χ2n) is 4.66. The van der Waals surface area contributed by atoms with Crippen LogP contribution >= 0.6 is 11.3 Å². The number of amides is 1. The van der Waals surface area contributed by atoms with Gasteiger partial charge in [0, 0.05) is 15.8 Å². The van der Waals surface area contributed by atoms with E-state index in [4.69, 9.17) is 5.73 Å². The fourth-order valence-electron chi connectivity index (χ4n) is 2.06. The number of nitrogens with two attached hydrogens (primary N) is 1. The fraction of sp³-hybridized carbons (Fsp3) is 0.0625. The zero-order valence-corrected chi connectivity index (χ0v) is 11.8. The smallest absolute Gasteiger partial charge is 0.267 e. The molecule has 0 fully saturated rings. The Hall–Kier alpha value is -2.33. The summed E-state index contributed by atoms with van der Waals surface area (Å²) in [5.74, 6) is -0.160. The van der Waals surface area contributed by atoms with Gasteiger partial charge in [0.25, 0.3) is 5.91 Å². The van der Waals surface area contributed by atoms with Crippen molar-refractivity contribution in [2.45, 2.75) is 6.92 Å². The molecule has 0 aliphatic rings. The molecule has 100 valence electrons. The summed E-state index contributed by atoms with van der Waals surface area (Å²) in [6.45, 7) is 2.01. The molecule has 3 nitrogen and oxygen atoms in total. The van der Waals surface area contributed by atoms with Crippen molar-refractivity contribution in [1.82, 2.24) is 0 Å². The number of nitrogens with one attached hydrogen (secondary N) is 1. The van der Waals surface area contributed by atoms with Gasteiger partial charge in [-0.2, -0.15) is 0 Å². The van der Waals surface area contributed by atoms with Gasteiger partial charge in [-0.3, -0.25) is 4.79 Å². The van der Waals surface area contributed by atoms with Crippen molar-refractivity contribution < 1.29 is 4.79 Å². The molecule has 20 heavy (non-hydrogen) atoms. The molecule has 0 aliphatic carbocycles. The standard InChI is InChI=1S/C16H14N2OS/c1-10-6-8-11(9-7-10)18-16(19)15-14(17)12-4-2-3-5-13(12)20-15/h2-9H,17H2,1H3,(H,18,19). The lowest BCUT2D eigenvalue weighted by Gasteiger charge is -2.04. The Bertz CT molecular complexity index is 775. The highest BCUT2D eigenvalue weighted by molar-refractivity contribution is 7.21. The minimum Gasteiger partial charge on any atom is -0.397 e. The third kappa shape index (κ3) is 2.26. The van der Waals surface area contributed by atoms with Gasteiger partial charge in [-0.15, -0.1) is 11.3 Å². The predicted molar refractivity (Wildman–Crippen MR) is 85.4 cm³/mol. The van der Waals surface area contributed by atoms with E-state index in [1.807, 2.05) is 55.5 Å². The largest absolute Gasteiger partial charge is 0.397 e. The molecule has 0 spiro atoms. The van der Waals surface area contributed by atoms with E-state index in [2.05, 4.69) is 5.32 Å². The maximum atomic E-state index is 12.3. The minimum atomic E-state index is -0.160. The third-order valence-corrected chi connectivity index (χ3v) is 4.33. The minimum absolute atomic E-state index is 0.160. The van der Waals surface area contributed by atoms with Crippen LogP contribution in [0.1, 0.15) is 15.2 Å². The summed E-state index contributed by atoms with van der Waals surface area (Å²) in [5, 5.41) is 3.82. The number of anilines is 2. The van der Waals surface area contributed by atoms with Crippen molar-refractivity contribution in [3.63, 3.8) is 0 Å². The highest BCUT2D eigenvalue weighted by Crippen LogP contribution is 2.33. The molecule has 3 aromatic rings. The Morgan fingerprint density at radius 1 is 1.10 bits per heavy atom. The van der Waals surface area contributed by atoms with Gasteiger partial charge in [0.15, 0.2) is 0 Å². The Morgan fingerprint density at radius 2 is 1.80 bits per heavy atom. The lowest BCUT2D eigenvalue weighted by Crippen LogP contribution is -2.11. The number of thiophene rings is 1. The van der Waals surface area contributed by atoms with Crippen LogP contribution in [-0.2, 0) is 0 Å². The first-order valence-electron chi connectivity index (χ1n) is 6.30. The van der Waals surface area contributed by atoms with Crippen molar-refractivity contribution in [3.8, 4) is 0 Å². The summed E-state index contributed by atoms with van der Waals surface area (Å²) in [4.78, 5) is 12.9. The molecular formula is C16H14N2OS. The average molecular weight is 282 g/mol. The Morgan fingerprint density at radius 3 is 2.50 bits per heavy atom. The molecule has 0 radical (unpaired) electrons. The van der Waals surface area contributed by atoms with Crippen LogP contribution in [0, 0.1) is 6.92 Å². The molecule has 0 aliphatic heterocycles. The summed E-state index contributed by atoms with van der Waals surface area (Å²) in [6.07, 6.45) is 0. The number of carbonyl (C=O) groups is 1. The van der Waals surface area contributed by atoms with E-state index in [9.17, 15) is 4.79 Å². The summed E-state index contributed by atoms with van der Waals surface area (Å²) in [5.41, 5.74) is 8.55. The van der Waals surface area contributed by atoms with Crippen molar-refractivity contribution >= 4 is 38.7 Å². The molecule has 0 saturated carbocycles. The van der Waals surface area contributed by atoms with Gasteiger partial charge in [0.2, 0.25) is 0 Å². The highest BCUT2D eigenvalue weighted by Gasteiger charge is 2.16. The maximum absolute atomic E-state index is 12.3. The lowest BCUT2D eigenvalue weighted by atomic mass is 10.2. The number of aryl methyl sites for hydroxylation is 1. The number of hydrogen-bond acceptors (Lipinski definition) is 3. The topological polar surface area (TPSA) is 55.1 Å². The van der Waals surface area contributed by atoms with Crippen LogP contribution in [0.15, 0.2) is 48.5 Å². The molecule has 4 heteroatoms. The van der Waals surface area contributed by atoms with Crippen molar-refractivity contribution in [3.05, 3.63) is 59.0 Å². The average Bonchev–Trinajstić information content (AvgIpc) is 2.79. The zero-order valence-electron chi connectivity index (χ0n) is 11.0. The molecule has 0 saturated heterocycles. The van der Waals surface area contributed by atoms with Crippen LogP contribution in [0.5, 0.6) is 0 Å². The number of nitrogen functional groups attached to an aromatic ring is 1. The molecule has 0 bridgehead atoms. The Labute approximate surface area is 121 Å². The molecular weight excluding hydrogens is 268 g/mol. The lowest BCUT2D eigenvalue weighted by molar-refractivity contribution is 0.103. The quantitative estimate of drug-likeness (QED) is 0.745. The monoisotopic (exact) mass is 282 g/mol. The van der Waals surface area contributed by atoms with Crippen LogP contribution in [0.2, 0.25) is 0 Å². The van der Waals surface area contributed by atoms with E-state index in [1.165, 1.54) is 11.3 Å². The van der Waals surface area contributed by atoms with Crippen LogP contribution < -0.4 is 11.1 Å². The fourth-order valence-corrected chi connectivity index (χ4v) is 3.08. The molecule has 1 heterocycles. The van der Waals surface area contributed by atoms with Gasteiger partial charge in [-0.05, 0) is 25.1 Å². The van der Waals surface area contributed by atoms with Gasteiger partial charge in [0.1, 0.15) is 4.88 Å². The maximum Gasteiger partial charge on any atom is 0.267 e. The Balaban J connectivity index is 1.92. The SMILES string of the molecule is Cc1ccc(NC(=O)c2sc3ccccc3c2N)cc1. The van der Waals surface area contributed by atoms with Gasteiger partial charge in [-0.1, -0.05) is 35.9 Å². The van der Waals surface area contributed by atoms with E-state index in [-0.39, 0.29) is 5.91 Å². The summed E-state index contributed by atoms with van der Waals surface area (Å²) in [6, 6.07) is 15.5. The molecule has 3 rings (SSSR count). The predicted octanol–water partition coefficient (Wildman–Crippen LogP) is 4.04. The third-order valence-electron chi connectivity index (χ3n) is 3.15. The number of hydrogen-bond donors (Lipinski definition) is 2. The normalized spacial score (nSPS) is 10.7. The van der Waals surface area contributed by atoms with Gasteiger partial charge in [-0.25, -0.2) is 0 Å². The van der Waals surface area contributed by atoms with Gasteiger partial charge in [0.05, 0.1) is 5.69 Å². The van der Waals surface area contributed by atoms with Crippen molar-refractivity contribution in [1.29, 1.82) is 0 Å². The van der Waals surface area contributed by atoms with E-state index in [0.29, 0.717) is 10.6 Å². The second-order valence-corrected chi connectivity index (χ2v) is 5.71. The van der Waals surface area contributed by atoms with Gasteiger partial charge >= 0.3 is 0 Å². The van der Waals surface area contributed by atoms with Gasteiger partial charge < -0.3 is 11.1 Å². The van der Waals surface area contributed by atoms with E-state index >= 15 is 0 Å². The molecule has 3 N–H and O–H groups in total. The molecule has 0 unspecified atom stereocenters. The summed E-state index contributed by atoms with van der Waals surface area (Å²) >= 11 is 1.42. The first kappa shape index (κ1) is 12.7. The van der Waals surface area contributed by atoms with Crippen molar-refractivity contribution in [2.75, 3.05) is 11.1 Å². The van der Waals surface area contributed by atoms with E-state index in [0.717, 1.165) is 21.3 Å². The molecule has 2 aromatic carbocycles. The number of rotatable bonds is 2. The first-order chi connectivity index (χ1) is 9.65. The van der Waals surface area contributed by atoms with Crippen LogP contribution in [0.4, 0.5) is 11.4 Å². The van der Waals surface area contributed by atoms with Crippen LogP contribution in [0.25, 0.3) is 10.1 Å². The Kier molecular flexibility index (Phi) is 3.16. The van der Waals surface area contributed by atoms with Crippen molar-refractivity contribution in [2.24, 2.45) is 0 Å². The molecule has 0 atom stereocenters. The molecule has 1 aromatic heterocycles. The summed E-state index contributed by atoms with van der Waals surface area (Å²) < 4.78 is 1.03. The number of carbonyl (C=O) groups excluding carboxylic acids is 1.